The SMILES string of the molecule is CCc1ccc2cccc(N3CCNCC3)c2c1. The smallest absolute Gasteiger partial charge is 0.0446 e. The number of anilines is 1. The molecule has 94 valence electrons. The predicted molar refractivity (Wildman–Crippen MR) is 78.4 cm³/mol. The average molecular weight is 240 g/mol. The summed E-state index contributed by atoms with van der Waals surface area (Å²) in [6, 6.07) is 13.5. The summed E-state index contributed by atoms with van der Waals surface area (Å²) in [6.45, 7) is 6.60. The predicted octanol–water partition coefficient (Wildman–Crippen LogP) is 2.81. The largest absolute Gasteiger partial charge is 0.368 e. The zero-order valence-electron chi connectivity index (χ0n) is 10.9. The Kier molecular flexibility index (Phi) is 3.20. The zero-order chi connectivity index (χ0) is 12.4. The highest BCUT2D eigenvalue weighted by Crippen LogP contribution is 2.28. The van der Waals surface area contributed by atoms with E-state index in [2.05, 4.69) is 53.5 Å². The van der Waals surface area contributed by atoms with Crippen molar-refractivity contribution < 1.29 is 0 Å². The van der Waals surface area contributed by atoms with Crippen molar-refractivity contribution in [3.63, 3.8) is 0 Å². The Morgan fingerprint density at radius 3 is 2.72 bits per heavy atom. The molecular formula is C16H20N2. The van der Waals surface area contributed by atoms with Gasteiger partial charge in [-0.15, -0.1) is 0 Å². The quantitative estimate of drug-likeness (QED) is 0.868. The summed E-state index contributed by atoms with van der Waals surface area (Å²) >= 11 is 0. The number of nitrogens with one attached hydrogen (secondary N) is 1. The molecule has 18 heavy (non-hydrogen) atoms. The second kappa shape index (κ2) is 4.99. The van der Waals surface area contributed by atoms with Crippen LogP contribution in [0, 0.1) is 0 Å². The lowest BCUT2D eigenvalue weighted by molar-refractivity contribution is 0.590. The van der Waals surface area contributed by atoms with E-state index in [1.807, 2.05) is 0 Å². The van der Waals surface area contributed by atoms with Crippen molar-refractivity contribution in [1.29, 1.82) is 0 Å². The zero-order valence-corrected chi connectivity index (χ0v) is 10.9. The summed E-state index contributed by atoms with van der Waals surface area (Å²) < 4.78 is 0. The lowest BCUT2D eigenvalue weighted by Gasteiger charge is -2.30. The van der Waals surface area contributed by atoms with Crippen LogP contribution in [-0.2, 0) is 6.42 Å². The molecule has 0 spiro atoms. The van der Waals surface area contributed by atoms with Gasteiger partial charge in [-0.3, -0.25) is 0 Å². The summed E-state index contributed by atoms with van der Waals surface area (Å²) in [5.41, 5.74) is 2.81. The molecule has 0 unspecified atom stereocenters. The van der Waals surface area contributed by atoms with Crippen LogP contribution in [0.1, 0.15) is 12.5 Å². The number of fused-ring (bicyclic) bond motifs is 1. The van der Waals surface area contributed by atoms with Gasteiger partial charge in [0.15, 0.2) is 0 Å². The molecule has 0 radical (unpaired) electrons. The van der Waals surface area contributed by atoms with E-state index in [1.54, 1.807) is 0 Å². The van der Waals surface area contributed by atoms with Gasteiger partial charge in [0.25, 0.3) is 0 Å². The lowest BCUT2D eigenvalue weighted by Crippen LogP contribution is -2.43. The number of hydrogen-bond donors (Lipinski definition) is 1. The molecule has 1 fully saturated rings. The molecule has 2 nitrogen and oxygen atoms in total. The Labute approximate surface area is 109 Å². The van der Waals surface area contributed by atoms with E-state index in [0.717, 1.165) is 32.6 Å². The molecule has 1 N–H and O–H groups in total. The minimum Gasteiger partial charge on any atom is -0.368 e. The van der Waals surface area contributed by atoms with Crippen LogP contribution in [0.3, 0.4) is 0 Å². The molecule has 0 aliphatic carbocycles. The first kappa shape index (κ1) is 11.5. The third kappa shape index (κ3) is 2.08. The van der Waals surface area contributed by atoms with Gasteiger partial charge in [0.2, 0.25) is 0 Å². The van der Waals surface area contributed by atoms with Gasteiger partial charge in [0.05, 0.1) is 0 Å². The monoisotopic (exact) mass is 240 g/mol. The van der Waals surface area contributed by atoms with E-state index in [1.165, 1.54) is 22.0 Å². The van der Waals surface area contributed by atoms with Crippen molar-refractivity contribution in [2.75, 3.05) is 31.1 Å². The van der Waals surface area contributed by atoms with Gasteiger partial charge in [0, 0.05) is 37.3 Å². The number of aryl methyl sites for hydroxylation is 1. The standard InChI is InChI=1S/C16H20N2/c1-2-13-6-7-14-4-3-5-16(15(14)12-13)18-10-8-17-9-11-18/h3-7,12,17H,2,8-11H2,1H3. The van der Waals surface area contributed by atoms with Crippen molar-refractivity contribution in [1.82, 2.24) is 5.32 Å². The fraction of sp³-hybridized carbons (Fsp3) is 0.375. The topological polar surface area (TPSA) is 15.3 Å². The van der Waals surface area contributed by atoms with Crippen molar-refractivity contribution >= 4 is 16.5 Å². The Morgan fingerprint density at radius 2 is 1.94 bits per heavy atom. The molecule has 0 atom stereocenters. The lowest BCUT2D eigenvalue weighted by atomic mass is 10.0. The molecule has 1 saturated heterocycles. The number of nitrogens with zero attached hydrogens (tertiary/aromatic N) is 1. The second-order valence-corrected chi connectivity index (χ2v) is 4.92. The summed E-state index contributed by atoms with van der Waals surface area (Å²) in [4.78, 5) is 2.50. The van der Waals surface area contributed by atoms with E-state index >= 15 is 0 Å². The van der Waals surface area contributed by atoms with Crippen molar-refractivity contribution in [2.24, 2.45) is 0 Å². The molecule has 3 rings (SSSR count). The molecule has 0 saturated carbocycles. The van der Waals surface area contributed by atoms with Crippen LogP contribution in [0.4, 0.5) is 5.69 Å². The fourth-order valence-electron chi connectivity index (χ4n) is 2.70. The average Bonchev–Trinajstić information content (AvgIpc) is 2.47. The summed E-state index contributed by atoms with van der Waals surface area (Å²) in [7, 11) is 0. The summed E-state index contributed by atoms with van der Waals surface area (Å²) in [5, 5.41) is 6.17. The Hall–Kier alpha value is -1.54. The normalized spacial score (nSPS) is 16.2. The second-order valence-electron chi connectivity index (χ2n) is 4.92. The summed E-state index contributed by atoms with van der Waals surface area (Å²) in [6.07, 6.45) is 1.10. The molecule has 2 heteroatoms. The molecule has 2 aromatic carbocycles. The van der Waals surface area contributed by atoms with Crippen LogP contribution >= 0.6 is 0 Å². The van der Waals surface area contributed by atoms with Gasteiger partial charge >= 0.3 is 0 Å². The van der Waals surface area contributed by atoms with Crippen LogP contribution < -0.4 is 10.2 Å². The molecular weight excluding hydrogens is 220 g/mol. The van der Waals surface area contributed by atoms with Gasteiger partial charge in [-0.05, 0) is 29.5 Å². The van der Waals surface area contributed by atoms with Crippen LogP contribution in [0.2, 0.25) is 0 Å². The molecule has 1 heterocycles. The van der Waals surface area contributed by atoms with Crippen LogP contribution in [-0.4, -0.2) is 26.2 Å². The van der Waals surface area contributed by atoms with Crippen molar-refractivity contribution in [2.45, 2.75) is 13.3 Å². The van der Waals surface area contributed by atoms with Gasteiger partial charge in [-0.25, -0.2) is 0 Å². The first-order valence-electron chi connectivity index (χ1n) is 6.86. The van der Waals surface area contributed by atoms with Gasteiger partial charge in [-0.1, -0.05) is 31.2 Å². The number of piperazine rings is 1. The first-order chi connectivity index (χ1) is 8.88. The van der Waals surface area contributed by atoms with E-state index in [-0.39, 0.29) is 0 Å². The Bertz CT molecular complexity index is 542. The number of benzene rings is 2. The van der Waals surface area contributed by atoms with Gasteiger partial charge in [-0.2, -0.15) is 0 Å². The van der Waals surface area contributed by atoms with Crippen LogP contribution in [0.25, 0.3) is 10.8 Å². The maximum Gasteiger partial charge on any atom is 0.0446 e. The highest BCUT2D eigenvalue weighted by atomic mass is 15.2. The van der Waals surface area contributed by atoms with Gasteiger partial charge < -0.3 is 10.2 Å². The van der Waals surface area contributed by atoms with Crippen LogP contribution in [0.5, 0.6) is 0 Å². The third-order valence-corrected chi connectivity index (χ3v) is 3.79. The first-order valence-corrected chi connectivity index (χ1v) is 6.86. The summed E-state index contributed by atoms with van der Waals surface area (Å²) in [5.74, 6) is 0. The minimum atomic E-state index is 1.09. The highest BCUT2D eigenvalue weighted by molar-refractivity contribution is 5.94. The van der Waals surface area contributed by atoms with E-state index < -0.39 is 0 Å². The van der Waals surface area contributed by atoms with E-state index in [4.69, 9.17) is 0 Å². The van der Waals surface area contributed by atoms with E-state index in [0.29, 0.717) is 0 Å². The van der Waals surface area contributed by atoms with Gasteiger partial charge in [0.1, 0.15) is 0 Å². The number of hydrogen-bond acceptors (Lipinski definition) is 2. The third-order valence-electron chi connectivity index (χ3n) is 3.79. The maximum atomic E-state index is 3.41. The van der Waals surface area contributed by atoms with Crippen molar-refractivity contribution in [3.05, 3.63) is 42.0 Å². The minimum absolute atomic E-state index is 1.09. The maximum absolute atomic E-state index is 3.41. The molecule has 0 aromatic heterocycles. The van der Waals surface area contributed by atoms with Crippen molar-refractivity contribution in [3.8, 4) is 0 Å². The molecule has 0 bridgehead atoms. The molecule has 1 aliphatic rings. The number of rotatable bonds is 2. The Morgan fingerprint density at radius 1 is 1.11 bits per heavy atom. The Balaban J connectivity index is 2.09. The molecule has 0 amide bonds. The van der Waals surface area contributed by atoms with Crippen LogP contribution in [0.15, 0.2) is 36.4 Å². The highest BCUT2D eigenvalue weighted by Gasteiger charge is 2.12. The fourth-order valence-corrected chi connectivity index (χ4v) is 2.70. The molecule has 1 aliphatic heterocycles. The van der Waals surface area contributed by atoms with E-state index in [9.17, 15) is 0 Å². The molecule has 2 aromatic rings.